The SMILES string of the molecule is CCOc1ccccc1C(=S)N1CC[NH+](C)CC1. The lowest BCUT2D eigenvalue weighted by molar-refractivity contribution is -0.883. The van der Waals surface area contributed by atoms with Crippen molar-refractivity contribution in [2.24, 2.45) is 0 Å². The highest BCUT2D eigenvalue weighted by Gasteiger charge is 2.21. The molecule has 0 amide bonds. The molecule has 0 saturated carbocycles. The molecule has 1 aromatic carbocycles. The minimum Gasteiger partial charge on any atom is -0.493 e. The molecule has 3 nitrogen and oxygen atoms in total. The van der Waals surface area contributed by atoms with Crippen LogP contribution >= 0.6 is 12.2 Å². The lowest BCUT2D eigenvalue weighted by Crippen LogP contribution is -3.12. The Bertz CT molecular complexity index is 414. The Morgan fingerprint density at radius 2 is 2.00 bits per heavy atom. The maximum Gasteiger partial charge on any atom is 0.129 e. The van der Waals surface area contributed by atoms with Crippen LogP contribution in [0.25, 0.3) is 0 Å². The predicted octanol–water partition coefficient (Wildman–Crippen LogP) is 0.591. The molecule has 0 aliphatic carbocycles. The molecule has 1 fully saturated rings. The van der Waals surface area contributed by atoms with Crippen molar-refractivity contribution in [3.63, 3.8) is 0 Å². The average molecular weight is 265 g/mol. The first kappa shape index (κ1) is 13.3. The van der Waals surface area contributed by atoms with E-state index in [2.05, 4.69) is 18.0 Å². The van der Waals surface area contributed by atoms with Crippen LogP contribution in [0.15, 0.2) is 24.3 Å². The molecule has 18 heavy (non-hydrogen) atoms. The van der Waals surface area contributed by atoms with Crippen LogP contribution in [-0.2, 0) is 0 Å². The number of thiocarbonyl (C=S) groups is 1. The van der Waals surface area contributed by atoms with Gasteiger partial charge in [-0.05, 0) is 19.1 Å². The molecule has 0 unspecified atom stereocenters. The first-order valence-electron chi connectivity index (χ1n) is 6.54. The Kier molecular flexibility index (Phi) is 4.55. The number of quaternary nitrogens is 1. The monoisotopic (exact) mass is 265 g/mol. The number of ether oxygens (including phenoxy) is 1. The molecule has 1 N–H and O–H groups in total. The number of hydrogen-bond acceptors (Lipinski definition) is 2. The van der Waals surface area contributed by atoms with E-state index < -0.39 is 0 Å². The Labute approximate surface area is 114 Å². The van der Waals surface area contributed by atoms with Gasteiger partial charge in [0.05, 0.1) is 45.4 Å². The first-order chi connectivity index (χ1) is 8.72. The van der Waals surface area contributed by atoms with E-state index in [4.69, 9.17) is 17.0 Å². The summed E-state index contributed by atoms with van der Waals surface area (Å²) in [5, 5.41) is 0. The second-order valence-electron chi connectivity index (χ2n) is 4.68. The lowest BCUT2D eigenvalue weighted by atomic mass is 10.1. The second kappa shape index (κ2) is 6.16. The van der Waals surface area contributed by atoms with Crippen molar-refractivity contribution in [1.29, 1.82) is 0 Å². The fourth-order valence-corrected chi connectivity index (χ4v) is 2.54. The zero-order chi connectivity index (χ0) is 13.0. The van der Waals surface area contributed by atoms with Crippen LogP contribution < -0.4 is 9.64 Å². The minimum atomic E-state index is 0.673. The highest BCUT2D eigenvalue weighted by molar-refractivity contribution is 7.80. The number of nitrogens with one attached hydrogen (secondary N) is 1. The summed E-state index contributed by atoms with van der Waals surface area (Å²) in [4.78, 5) is 4.79. The largest absolute Gasteiger partial charge is 0.493 e. The van der Waals surface area contributed by atoms with Crippen molar-refractivity contribution in [2.45, 2.75) is 6.92 Å². The summed E-state index contributed by atoms with van der Waals surface area (Å²) in [5.74, 6) is 0.899. The summed E-state index contributed by atoms with van der Waals surface area (Å²) in [6.07, 6.45) is 0. The zero-order valence-electron chi connectivity index (χ0n) is 11.1. The lowest BCUT2D eigenvalue weighted by Gasteiger charge is -2.32. The van der Waals surface area contributed by atoms with Gasteiger partial charge in [0.1, 0.15) is 10.7 Å². The van der Waals surface area contributed by atoms with Gasteiger partial charge in [-0.15, -0.1) is 0 Å². The maximum atomic E-state index is 5.65. The number of benzene rings is 1. The first-order valence-corrected chi connectivity index (χ1v) is 6.95. The number of likely N-dealkylation sites (N-methyl/N-ethyl adjacent to an activating group) is 1. The third-order valence-corrected chi connectivity index (χ3v) is 3.80. The third-order valence-electron chi connectivity index (χ3n) is 3.32. The second-order valence-corrected chi connectivity index (χ2v) is 5.07. The van der Waals surface area contributed by atoms with Gasteiger partial charge < -0.3 is 14.5 Å². The molecule has 1 heterocycles. The van der Waals surface area contributed by atoms with Crippen molar-refractivity contribution in [3.05, 3.63) is 29.8 Å². The van der Waals surface area contributed by atoms with E-state index in [0.29, 0.717) is 6.61 Å². The fraction of sp³-hybridized carbons (Fsp3) is 0.500. The van der Waals surface area contributed by atoms with E-state index >= 15 is 0 Å². The average Bonchev–Trinajstić information content (AvgIpc) is 2.40. The van der Waals surface area contributed by atoms with Gasteiger partial charge >= 0.3 is 0 Å². The molecule has 1 aliphatic rings. The van der Waals surface area contributed by atoms with Crippen LogP contribution in [0.4, 0.5) is 0 Å². The zero-order valence-corrected chi connectivity index (χ0v) is 11.9. The summed E-state index contributed by atoms with van der Waals surface area (Å²) in [6.45, 7) is 7.04. The van der Waals surface area contributed by atoms with Crippen molar-refractivity contribution in [2.75, 3.05) is 39.8 Å². The van der Waals surface area contributed by atoms with Crippen molar-refractivity contribution < 1.29 is 9.64 Å². The van der Waals surface area contributed by atoms with Gasteiger partial charge in [-0.2, -0.15) is 0 Å². The molecule has 0 atom stereocenters. The van der Waals surface area contributed by atoms with Crippen LogP contribution in [0.5, 0.6) is 5.75 Å². The molecular weight excluding hydrogens is 244 g/mol. The highest BCUT2D eigenvalue weighted by Crippen LogP contribution is 2.20. The number of nitrogens with zero attached hydrogens (tertiary/aromatic N) is 1. The van der Waals surface area contributed by atoms with Gasteiger partial charge in [-0.3, -0.25) is 0 Å². The van der Waals surface area contributed by atoms with Crippen molar-refractivity contribution >= 4 is 17.2 Å². The quantitative estimate of drug-likeness (QED) is 0.806. The molecule has 1 saturated heterocycles. The molecule has 0 bridgehead atoms. The Hall–Kier alpha value is -1.13. The summed E-state index contributed by atoms with van der Waals surface area (Å²) < 4.78 is 5.65. The van der Waals surface area contributed by atoms with Crippen LogP contribution in [0.1, 0.15) is 12.5 Å². The van der Waals surface area contributed by atoms with E-state index in [0.717, 1.165) is 42.5 Å². The highest BCUT2D eigenvalue weighted by atomic mass is 32.1. The molecule has 0 radical (unpaired) electrons. The van der Waals surface area contributed by atoms with Crippen LogP contribution in [-0.4, -0.2) is 49.7 Å². The van der Waals surface area contributed by atoms with Crippen LogP contribution in [0.3, 0.4) is 0 Å². The number of para-hydroxylation sites is 1. The molecule has 1 aromatic rings. The predicted molar refractivity (Wildman–Crippen MR) is 77.5 cm³/mol. The summed E-state index contributed by atoms with van der Waals surface area (Å²) >= 11 is 5.62. The topological polar surface area (TPSA) is 16.9 Å². The van der Waals surface area contributed by atoms with Gasteiger partial charge in [0, 0.05) is 0 Å². The third kappa shape index (κ3) is 3.00. The van der Waals surface area contributed by atoms with E-state index in [9.17, 15) is 0 Å². The van der Waals surface area contributed by atoms with E-state index in [1.54, 1.807) is 4.90 Å². The number of rotatable bonds is 3. The Balaban J connectivity index is 2.13. The molecule has 4 heteroatoms. The van der Waals surface area contributed by atoms with E-state index in [1.807, 2.05) is 25.1 Å². The van der Waals surface area contributed by atoms with E-state index in [-0.39, 0.29) is 0 Å². The van der Waals surface area contributed by atoms with Gasteiger partial charge in [0.15, 0.2) is 0 Å². The Morgan fingerprint density at radius 3 is 2.67 bits per heavy atom. The van der Waals surface area contributed by atoms with Crippen molar-refractivity contribution in [3.8, 4) is 5.75 Å². The van der Waals surface area contributed by atoms with Gasteiger partial charge in [0.2, 0.25) is 0 Å². The maximum absolute atomic E-state index is 5.65. The smallest absolute Gasteiger partial charge is 0.129 e. The van der Waals surface area contributed by atoms with Crippen LogP contribution in [0, 0.1) is 0 Å². The number of hydrogen-bond donors (Lipinski definition) is 1. The molecule has 0 spiro atoms. The number of piperazine rings is 1. The normalized spacial score (nSPS) is 16.7. The van der Waals surface area contributed by atoms with Gasteiger partial charge in [-0.25, -0.2) is 0 Å². The molecule has 98 valence electrons. The minimum absolute atomic E-state index is 0.673. The fourth-order valence-electron chi connectivity index (χ4n) is 2.19. The molecule has 0 aromatic heterocycles. The molecular formula is C14H21N2OS+. The van der Waals surface area contributed by atoms with Gasteiger partial charge in [-0.1, -0.05) is 24.4 Å². The standard InChI is InChI=1S/C14H20N2OS/c1-3-17-13-7-5-4-6-12(13)14(18)16-10-8-15(2)9-11-16/h4-7H,3,8-11H2,1-2H3/p+1. The summed E-state index contributed by atoms with van der Waals surface area (Å²) in [7, 11) is 2.23. The Morgan fingerprint density at radius 1 is 1.33 bits per heavy atom. The van der Waals surface area contributed by atoms with Gasteiger partial charge in [0.25, 0.3) is 0 Å². The summed E-state index contributed by atoms with van der Waals surface area (Å²) in [5.41, 5.74) is 1.05. The van der Waals surface area contributed by atoms with E-state index in [1.165, 1.54) is 0 Å². The molecule has 2 rings (SSSR count). The molecule has 1 aliphatic heterocycles. The van der Waals surface area contributed by atoms with Crippen molar-refractivity contribution in [1.82, 2.24) is 4.90 Å². The van der Waals surface area contributed by atoms with Crippen LogP contribution in [0.2, 0.25) is 0 Å². The summed E-state index contributed by atoms with van der Waals surface area (Å²) in [6, 6.07) is 8.06.